The summed E-state index contributed by atoms with van der Waals surface area (Å²) >= 11 is 0. The van der Waals surface area contributed by atoms with E-state index < -0.39 is 0 Å². The van der Waals surface area contributed by atoms with Crippen molar-refractivity contribution in [3.05, 3.63) is 18.2 Å². The molecule has 0 spiro atoms. The number of anilines is 1. The van der Waals surface area contributed by atoms with Gasteiger partial charge in [-0.05, 0) is 43.7 Å². The molecule has 0 aliphatic heterocycles. The Morgan fingerprint density at radius 3 is 2.95 bits per heavy atom. The van der Waals surface area contributed by atoms with E-state index in [0.717, 1.165) is 29.1 Å². The number of fused-ring (bicyclic) bond motifs is 1. The molecule has 0 radical (unpaired) electrons. The Morgan fingerprint density at radius 1 is 1.40 bits per heavy atom. The minimum absolute atomic E-state index is 0.483. The highest BCUT2D eigenvalue weighted by atomic mass is 16.5. The Bertz CT molecular complexity index is 605. The number of para-hydroxylation sites is 1. The summed E-state index contributed by atoms with van der Waals surface area (Å²) in [5.41, 5.74) is 8.18. The number of nitrogens with two attached hydrogens (primary N) is 1. The van der Waals surface area contributed by atoms with Crippen molar-refractivity contribution in [1.82, 2.24) is 9.55 Å². The van der Waals surface area contributed by atoms with Crippen molar-refractivity contribution < 1.29 is 4.74 Å². The van der Waals surface area contributed by atoms with Crippen LogP contribution >= 0.6 is 0 Å². The van der Waals surface area contributed by atoms with E-state index >= 15 is 0 Å². The zero-order valence-electron chi connectivity index (χ0n) is 12.3. The van der Waals surface area contributed by atoms with Gasteiger partial charge in [0.05, 0.1) is 12.1 Å². The van der Waals surface area contributed by atoms with Crippen molar-refractivity contribution in [1.29, 1.82) is 0 Å². The molecule has 1 aliphatic rings. The molecule has 20 heavy (non-hydrogen) atoms. The highest BCUT2D eigenvalue weighted by Gasteiger charge is 2.26. The number of hydrogen-bond donors (Lipinski definition) is 1. The molecular formula is C16H23N3O. The van der Waals surface area contributed by atoms with Crippen LogP contribution < -0.4 is 10.5 Å². The van der Waals surface area contributed by atoms with Gasteiger partial charge < -0.3 is 15.0 Å². The lowest BCUT2D eigenvalue weighted by atomic mass is 10.1. The standard InChI is InChI=1S/C16H23N3O/c1-3-9-20-14-6-4-5-13-15(14)18-16(17)19(13)12-8-7-11(2)10-12/h4-6,11-12H,3,7-10H2,1-2H3,(H2,17,18). The number of imidazole rings is 1. The van der Waals surface area contributed by atoms with Crippen LogP contribution in [-0.4, -0.2) is 16.2 Å². The van der Waals surface area contributed by atoms with Crippen LogP contribution in [0.5, 0.6) is 5.75 Å². The number of nitrogens with zero attached hydrogens (tertiary/aromatic N) is 2. The molecule has 1 aliphatic carbocycles. The van der Waals surface area contributed by atoms with Crippen LogP contribution in [0.1, 0.15) is 45.6 Å². The van der Waals surface area contributed by atoms with Gasteiger partial charge in [-0.25, -0.2) is 4.98 Å². The van der Waals surface area contributed by atoms with Crippen LogP contribution in [0, 0.1) is 5.92 Å². The quantitative estimate of drug-likeness (QED) is 0.922. The fourth-order valence-electron chi connectivity index (χ4n) is 3.23. The second-order valence-electron chi connectivity index (χ2n) is 5.88. The first-order valence-corrected chi connectivity index (χ1v) is 7.60. The summed E-state index contributed by atoms with van der Waals surface area (Å²) in [6, 6.07) is 6.59. The molecule has 3 rings (SSSR count). The molecule has 1 saturated carbocycles. The van der Waals surface area contributed by atoms with Crippen LogP contribution in [-0.2, 0) is 0 Å². The fourth-order valence-corrected chi connectivity index (χ4v) is 3.23. The van der Waals surface area contributed by atoms with Gasteiger partial charge in [0, 0.05) is 6.04 Å². The van der Waals surface area contributed by atoms with Gasteiger partial charge in [-0.1, -0.05) is 19.9 Å². The number of rotatable bonds is 4. The van der Waals surface area contributed by atoms with Gasteiger partial charge >= 0.3 is 0 Å². The SMILES string of the molecule is CCCOc1cccc2c1nc(N)n2C1CCC(C)C1. The Balaban J connectivity index is 2.03. The van der Waals surface area contributed by atoms with E-state index in [1.165, 1.54) is 19.3 Å². The zero-order valence-corrected chi connectivity index (χ0v) is 12.3. The molecule has 2 aromatic rings. The van der Waals surface area contributed by atoms with E-state index in [1.54, 1.807) is 0 Å². The lowest BCUT2D eigenvalue weighted by Gasteiger charge is -2.15. The second-order valence-corrected chi connectivity index (χ2v) is 5.88. The molecule has 2 N–H and O–H groups in total. The van der Waals surface area contributed by atoms with Gasteiger partial charge in [-0.2, -0.15) is 0 Å². The average molecular weight is 273 g/mol. The minimum Gasteiger partial charge on any atom is -0.491 e. The van der Waals surface area contributed by atoms with E-state index in [-0.39, 0.29) is 0 Å². The summed E-state index contributed by atoms with van der Waals surface area (Å²) in [5.74, 6) is 2.24. The maximum absolute atomic E-state index is 6.17. The van der Waals surface area contributed by atoms with Crippen LogP contribution in [0.4, 0.5) is 5.95 Å². The molecule has 0 bridgehead atoms. The Morgan fingerprint density at radius 2 is 2.25 bits per heavy atom. The Kier molecular flexibility index (Phi) is 3.55. The molecule has 4 nitrogen and oxygen atoms in total. The summed E-state index contributed by atoms with van der Waals surface area (Å²) in [4.78, 5) is 4.55. The van der Waals surface area contributed by atoms with Crippen molar-refractivity contribution in [2.45, 2.75) is 45.6 Å². The van der Waals surface area contributed by atoms with Crippen molar-refractivity contribution in [3.63, 3.8) is 0 Å². The second kappa shape index (κ2) is 5.35. The largest absolute Gasteiger partial charge is 0.491 e. The summed E-state index contributed by atoms with van der Waals surface area (Å²) < 4.78 is 8.00. The van der Waals surface area contributed by atoms with Crippen LogP contribution in [0.15, 0.2) is 18.2 Å². The molecule has 0 saturated heterocycles. The number of nitrogen functional groups attached to an aromatic ring is 1. The van der Waals surface area contributed by atoms with Crippen LogP contribution in [0.3, 0.4) is 0 Å². The van der Waals surface area contributed by atoms with E-state index in [1.807, 2.05) is 12.1 Å². The summed E-state index contributed by atoms with van der Waals surface area (Å²) in [5, 5.41) is 0. The molecule has 2 unspecified atom stereocenters. The van der Waals surface area contributed by atoms with Crippen LogP contribution in [0.2, 0.25) is 0 Å². The van der Waals surface area contributed by atoms with Gasteiger partial charge in [0.15, 0.2) is 0 Å². The third-order valence-corrected chi connectivity index (χ3v) is 4.20. The maximum atomic E-state index is 6.17. The highest BCUT2D eigenvalue weighted by Crippen LogP contribution is 2.39. The lowest BCUT2D eigenvalue weighted by molar-refractivity contribution is 0.320. The Hall–Kier alpha value is -1.71. The summed E-state index contributed by atoms with van der Waals surface area (Å²) in [6.45, 7) is 5.13. The fraction of sp³-hybridized carbons (Fsp3) is 0.562. The molecule has 108 valence electrons. The third kappa shape index (κ3) is 2.23. The van der Waals surface area contributed by atoms with E-state index in [2.05, 4.69) is 29.5 Å². The zero-order chi connectivity index (χ0) is 14.1. The monoisotopic (exact) mass is 273 g/mol. The molecule has 0 amide bonds. The third-order valence-electron chi connectivity index (χ3n) is 4.20. The van der Waals surface area contributed by atoms with Crippen molar-refractivity contribution in [2.75, 3.05) is 12.3 Å². The molecule has 1 aromatic heterocycles. The summed E-state index contributed by atoms with van der Waals surface area (Å²) in [7, 11) is 0. The number of benzene rings is 1. The van der Waals surface area contributed by atoms with Gasteiger partial charge in [0.1, 0.15) is 11.3 Å². The number of hydrogen-bond acceptors (Lipinski definition) is 3. The first-order chi connectivity index (χ1) is 9.70. The highest BCUT2D eigenvalue weighted by molar-refractivity contribution is 5.84. The van der Waals surface area contributed by atoms with E-state index in [0.29, 0.717) is 18.6 Å². The predicted molar refractivity (Wildman–Crippen MR) is 82.0 cm³/mol. The average Bonchev–Trinajstić information content (AvgIpc) is 2.99. The molecule has 2 atom stereocenters. The predicted octanol–water partition coefficient (Wildman–Crippen LogP) is 3.77. The van der Waals surface area contributed by atoms with E-state index in [4.69, 9.17) is 10.5 Å². The smallest absolute Gasteiger partial charge is 0.201 e. The van der Waals surface area contributed by atoms with Crippen molar-refractivity contribution >= 4 is 17.0 Å². The molecule has 1 heterocycles. The minimum atomic E-state index is 0.483. The van der Waals surface area contributed by atoms with Crippen molar-refractivity contribution in [2.24, 2.45) is 5.92 Å². The summed E-state index contributed by atoms with van der Waals surface area (Å²) in [6.07, 6.45) is 4.65. The van der Waals surface area contributed by atoms with Gasteiger partial charge in [0.25, 0.3) is 0 Å². The van der Waals surface area contributed by atoms with Gasteiger partial charge in [-0.3, -0.25) is 0 Å². The number of aromatic nitrogens is 2. The molecular weight excluding hydrogens is 250 g/mol. The van der Waals surface area contributed by atoms with Crippen molar-refractivity contribution in [3.8, 4) is 5.75 Å². The molecule has 1 aromatic carbocycles. The molecule has 4 heteroatoms. The Labute approximate surface area is 119 Å². The van der Waals surface area contributed by atoms with Gasteiger partial charge in [0.2, 0.25) is 5.95 Å². The number of ether oxygens (including phenoxy) is 1. The first kappa shape index (κ1) is 13.3. The van der Waals surface area contributed by atoms with E-state index in [9.17, 15) is 0 Å². The maximum Gasteiger partial charge on any atom is 0.201 e. The first-order valence-electron chi connectivity index (χ1n) is 7.60. The van der Waals surface area contributed by atoms with Crippen LogP contribution in [0.25, 0.3) is 11.0 Å². The lowest BCUT2D eigenvalue weighted by Crippen LogP contribution is -2.08. The molecule has 1 fully saturated rings. The normalized spacial score (nSPS) is 22.5. The topological polar surface area (TPSA) is 53.1 Å². The van der Waals surface area contributed by atoms with Gasteiger partial charge in [-0.15, -0.1) is 0 Å².